The lowest BCUT2D eigenvalue weighted by atomic mass is 10.0. The van der Waals surface area contributed by atoms with Crippen LogP contribution in [0.1, 0.15) is 46.9 Å². The first-order chi connectivity index (χ1) is 16.2. The Morgan fingerprint density at radius 1 is 1.26 bits per heavy atom. The number of Topliss-reactive ketones (excluding diaryl/α,β-unsaturated/α-hetero) is 1. The molecular weight excluding hydrogens is 453 g/mol. The van der Waals surface area contributed by atoms with Crippen molar-refractivity contribution in [1.82, 2.24) is 5.16 Å². The van der Waals surface area contributed by atoms with Crippen LogP contribution in [0.4, 0.5) is 18.9 Å². The van der Waals surface area contributed by atoms with E-state index in [2.05, 4.69) is 5.16 Å². The van der Waals surface area contributed by atoms with Crippen LogP contribution in [0, 0.1) is 0 Å². The van der Waals surface area contributed by atoms with Crippen LogP contribution in [0.15, 0.2) is 34.9 Å². The second kappa shape index (κ2) is 9.36. The maximum Gasteiger partial charge on any atom is 0.437 e. The Morgan fingerprint density at radius 2 is 2.06 bits per heavy atom. The van der Waals surface area contributed by atoms with Gasteiger partial charge < -0.3 is 19.3 Å². The van der Waals surface area contributed by atoms with E-state index in [9.17, 15) is 22.8 Å². The first kappa shape index (κ1) is 23.6. The first-order valence-corrected chi connectivity index (χ1v) is 10.9. The highest BCUT2D eigenvalue weighted by Gasteiger charge is 2.37. The minimum absolute atomic E-state index is 0.0652. The fourth-order valence-electron chi connectivity index (χ4n) is 4.21. The topological polar surface area (TPSA) is 92.9 Å². The highest BCUT2D eigenvalue weighted by Crippen LogP contribution is 2.38. The minimum atomic E-state index is -4.60. The number of ketones is 1. The van der Waals surface area contributed by atoms with Crippen LogP contribution in [0.25, 0.3) is 11.0 Å². The normalized spacial score (nSPS) is 13.5. The number of anilines is 1. The molecular formula is C24H23F3N2O5. The summed E-state index contributed by atoms with van der Waals surface area (Å²) in [6.07, 6.45) is -3.01. The quantitative estimate of drug-likeness (QED) is 0.439. The van der Waals surface area contributed by atoms with Crippen molar-refractivity contribution >= 4 is 28.4 Å². The van der Waals surface area contributed by atoms with Crippen LogP contribution in [0.2, 0.25) is 0 Å². The van der Waals surface area contributed by atoms with Crippen LogP contribution in [-0.2, 0) is 23.8 Å². The van der Waals surface area contributed by atoms with Crippen molar-refractivity contribution in [2.45, 2.75) is 38.8 Å². The molecule has 1 aliphatic heterocycles. The summed E-state index contributed by atoms with van der Waals surface area (Å²) < 4.78 is 50.4. The average molecular weight is 476 g/mol. The fourth-order valence-corrected chi connectivity index (χ4v) is 4.21. The molecule has 0 fully saturated rings. The number of carbonyl (C=O) groups excluding carboxylic acids is 1. The number of carboxylic acid groups (broad SMARTS) is 1. The Hall–Kier alpha value is -3.56. The van der Waals surface area contributed by atoms with Gasteiger partial charge in [0.15, 0.2) is 17.1 Å². The summed E-state index contributed by atoms with van der Waals surface area (Å²) in [6.45, 7) is 2.94. The molecule has 2 aromatic carbocycles. The zero-order chi connectivity index (χ0) is 24.5. The lowest BCUT2D eigenvalue weighted by molar-refractivity contribution is -0.141. The molecule has 0 aliphatic carbocycles. The predicted octanol–water partition coefficient (Wildman–Crippen LogP) is 4.90. The number of alkyl halides is 3. The monoisotopic (exact) mass is 476 g/mol. The van der Waals surface area contributed by atoms with Gasteiger partial charge in [0.1, 0.15) is 5.75 Å². The van der Waals surface area contributed by atoms with E-state index in [1.54, 1.807) is 18.2 Å². The van der Waals surface area contributed by atoms with Crippen molar-refractivity contribution in [2.75, 3.05) is 24.6 Å². The summed E-state index contributed by atoms with van der Waals surface area (Å²) in [6, 6.07) is 7.91. The zero-order valence-corrected chi connectivity index (χ0v) is 18.4. The van der Waals surface area contributed by atoms with Crippen molar-refractivity contribution in [1.29, 1.82) is 0 Å². The standard InChI is InChI=1S/C24H23F3N2O5/c1-2-4-15-20(8-6-16-22(15)34-28-23(16)24(25,26)27)33-10-3-9-29-13-19(30)17-11-14(12-21(31)32)5-7-18(17)29/h5-8,11H,2-4,9-10,12-13H2,1H3,(H,31,32). The first-order valence-electron chi connectivity index (χ1n) is 10.9. The van der Waals surface area contributed by atoms with E-state index >= 15 is 0 Å². The number of aryl methyl sites for hydroxylation is 1. The van der Waals surface area contributed by atoms with E-state index in [4.69, 9.17) is 14.4 Å². The van der Waals surface area contributed by atoms with E-state index in [0.29, 0.717) is 54.9 Å². The van der Waals surface area contributed by atoms with Gasteiger partial charge in [-0.3, -0.25) is 9.59 Å². The van der Waals surface area contributed by atoms with Gasteiger partial charge in [-0.25, -0.2) is 0 Å². The molecule has 34 heavy (non-hydrogen) atoms. The Kier molecular flexibility index (Phi) is 6.49. The molecule has 2 heterocycles. The predicted molar refractivity (Wildman–Crippen MR) is 117 cm³/mol. The van der Waals surface area contributed by atoms with E-state index < -0.39 is 17.8 Å². The van der Waals surface area contributed by atoms with E-state index in [-0.39, 0.29) is 29.7 Å². The van der Waals surface area contributed by atoms with Gasteiger partial charge in [0.25, 0.3) is 0 Å². The molecule has 7 nitrogen and oxygen atoms in total. The Morgan fingerprint density at radius 3 is 2.76 bits per heavy atom. The summed E-state index contributed by atoms with van der Waals surface area (Å²) in [4.78, 5) is 25.2. The van der Waals surface area contributed by atoms with Crippen LogP contribution in [0.5, 0.6) is 5.75 Å². The van der Waals surface area contributed by atoms with Crippen molar-refractivity contribution in [2.24, 2.45) is 0 Å². The van der Waals surface area contributed by atoms with Crippen LogP contribution in [-0.4, -0.2) is 41.7 Å². The number of ether oxygens (including phenoxy) is 1. The zero-order valence-electron chi connectivity index (χ0n) is 18.4. The third kappa shape index (κ3) is 4.71. The number of halogens is 3. The molecule has 180 valence electrons. The number of carbonyl (C=O) groups is 2. The second-order valence-electron chi connectivity index (χ2n) is 8.17. The van der Waals surface area contributed by atoms with Gasteiger partial charge in [0, 0.05) is 23.4 Å². The molecule has 0 unspecified atom stereocenters. The SMILES string of the molecule is CCCc1c(OCCCN2CC(=O)c3cc(CC(=O)O)ccc32)ccc2c(C(F)(F)F)noc12. The Balaban J connectivity index is 1.43. The summed E-state index contributed by atoms with van der Waals surface area (Å²) in [7, 11) is 0. The fraction of sp³-hybridized carbons (Fsp3) is 0.375. The number of hydrogen-bond acceptors (Lipinski definition) is 6. The molecule has 0 amide bonds. The van der Waals surface area contributed by atoms with Gasteiger partial charge in [-0.2, -0.15) is 13.2 Å². The van der Waals surface area contributed by atoms with Gasteiger partial charge in [-0.1, -0.05) is 24.6 Å². The number of nitrogens with zero attached hydrogens (tertiary/aromatic N) is 2. The number of hydrogen-bond donors (Lipinski definition) is 1. The van der Waals surface area contributed by atoms with Crippen molar-refractivity contribution in [3.63, 3.8) is 0 Å². The number of rotatable bonds is 9. The molecule has 4 rings (SSSR count). The summed E-state index contributed by atoms with van der Waals surface area (Å²) in [5, 5.41) is 12.1. The largest absolute Gasteiger partial charge is 0.493 e. The Bertz CT molecular complexity index is 1240. The summed E-state index contributed by atoms with van der Waals surface area (Å²) in [5.74, 6) is -0.569. The lowest BCUT2D eigenvalue weighted by Gasteiger charge is -2.19. The molecule has 0 atom stereocenters. The molecule has 1 aliphatic rings. The number of aliphatic carboxylic acids is 1. The van der Waals surface area contributed by atoms with Crippen molar-refractivity contribution < 1.29 is 37.1 Å². The Labute approximate surface area is 193 Å². The van der Waals surface area contributed by atoms with Gasteiger partial charge >= 0.3 is 12.1 Å². The molecule has 0 spiro atoms. The minimum Gasteiger partial charge on any atom is -0.493 e. The maximum atomic E-state index is 13.2. The number of aromatic nitrogens is 1. The van der Waals surface area contributed by atoms with E-state index in [1.165, 1.54) is 12.1 Å². The number of fused-ring (bicyclic) bond motifs is 2. The van der Waals surface area contributed by atoms with Crippen LogP contribution >= 0.6 is 0 Å². The lowest BCUT2D eigenvalue weighted by Crippen LogP contribution is -2.25. The van der Waals surface area contributed by atoms with Crippen molar-refractivity contribution in [3.8, 4) is 5.75 Å². The van der Waals surface area contributed by atoms with Gasteiger partial charge in [0.2, 0.25) is 0 Å². The molecule has 0 saturated heterocycles. The van der Waals surface area contributed by atoms with Gasteiger partial charge in [0.05, 0.1) is 25.0 Å². The van der Waals surface area contributed by atoms with Crippen molar-refractivity contribution in [3.05, 3.63) is 52.7 Å². The van der Waals surface area contributed by atoms with Gasteiger partial charge in [-0.05, 0) is 42.7 Å². The molecule has 1 N–H and O–H groups in total. The number of carboxylic acids is 1. The maximum absolute atomic E-state index is 13.2. The molecule has 0 bridgehead atoms. The second-order valence-corrected chi connectivity index (χ2v) is 8.17. The van der Waals surface area contributed by atoms with E-state index in [0.717, 1.165) is 5.69 Å². The van der Waals surface area contributed by atoms with Crippen LogP contribution < -0.4 is 9.64 Å². The third-order valence-electron chi connectivity index (χ3n) is 5.69. The third-order valence-corrected chi connectivity index (χ3v) is 5.69. The molecule has 0 radical (unpaired) electrons. The summed E-state index contributed by atoms with van der Waals surface area (Å²) in [5.41, 5.74) is 1.44. The molecule has 0 saturated carbocycles. The average Bonchev–Trinajstić information content (AvgIpc) is 3.34. The highest BCUT2D eigenvalue weighted by molar-refractivity contribution is 6.08. The molecule has 10 heteroatoms. The molecule has 3 aromatic rings. The molecule has 1 aromatic heterocycles. The van der Waals surface area contributed by atoms with E-state index in [1.807, 2.05) is 11.8 Å². The smallest absolute Gasteiger partial charge is 0.437 e. The highest BCUT2D eigenvalue weighted by atomic mass is 19.4. The van der Waals surface area contributed by atoms with Crippen LogP contribution in [0.3, 0.4) is 0 Å². The van der Waals surface area contributed by atoms with Gasteiger partial charge in [-0.15, -0.1) is 0 Å². The number of benzene rings is 2. The summed E-state index contributed by atoms with van der Waals surface area (Å²) >= 11 is 0.